The van der Waals surface area contributed by atoms with Gasteiger partial charge >= 0.3 is 0 Å². The molecule has 202 valence electrons. The lowest BCUT2D eigenvalue weighted by atomic mass is 9.86. The summed E-state index contributed by atoms with van der Waals surface area (Å²) in [5.41, 5.74) is 0.552. The van der Waals surface area contributed by atoms with Gasteiger partial charge in [0, 0.05) is 58.9 Å². The molecular weight excluding hydrogens is 472 g/mol. The van der Waals surface area contributed by atoms with Crippen molar-refractivity contribution in [2.24, 2.45) is 5.92 Å². The number of carbonyl (C=O) groups excluding carboxylic acids is 1. The summed E-state index contributed by atoms with van der Waals surface area (Å²) in [5.74, 6) is -6.28. The Balaban J connectivity index is 1.38. The van der Waals surface area contributed by atoms with Gasteiger partial charge in [0.2, 0.25) is 11.8 Å². The number of aryl methyl sites for hydroxylation is 1. The second-order valence-electron chi connectivity index (χ2n) is 10.7. The molecule has 3 heterocycles. The second-order valence-corrected chi connectivity index (χ2v) is 10.7. The van der Waals surface area contributed by atoms with Crippen molar-refractivity contribution in [3.8, 4) is 0 Å². The third-order valence-corrected chi connectivity index (χ3v) is 7.78. The Hall–Kier alpha value is -2.35. The Kier molecular flexibility index (Phi) is 5.49. The zero-order valence-electron chi connectivity index (χ0n) is 28.7. The minimum Gasteiger partial charge on any atom is -0.349 e. The number of benzene rings is 1. The summed E-state index contributed by atoms with van der Waals surface area (Å²) in [6.07, 6.45) is -5.51. The first kappa shape index (κ1) is 18.8. The molecule has 8 heteroatoms. The minimum atomic E-state index is -3.59. The lowest BCUT2D eigenvalue weighted by molar-refractivity contribution is -0.130. The SMILES string of the molecule is [2H]C(C)(C)c1nnc(C)n1C1CC2CCC(C1)N2C([2H])([2H])CC(NC(=O)C1C([2H])([2H])CC(F)(F)CC1([2H])[2H])c1ccccc1. The third kappa shape index (κ3) is 5.74. The number of rotatable bonds is 8. The van der Waals surface area contributed by atoms with Crippen LogP contribution in [0.2, 0.25) is 0 Å². The quantitative estimate of drug-likeness (QED) is 0.467. The predicted molar refractivity (Wildman–Crippen MR) is 139 cm³/mol. The topological polar surface area (TPSA) is 63.1 Å². The van der Waals surface area contributed by atoms with Crippen molar-refractivity contribution in [3.05, 3.63) is 47.5 Å². The maximum absolute atomic E-state index is 14.2. The molecule has 0 radical (unpaired) electrons. The van der Waals surface area contributed by atoms with Gasteiger partial charge in [0.1, 0.15) is 11.6 Å². The van der Waals surface area contributed by atoms with E-state index >= 15 is 0 Å². The van der Waals surface area contributed by atoms with Gasteiger partial charge in [0.05, 0.1) is 6.04 Å². The van der Waals surface area contributed by atoms with Crippen LogP contribution in [0.3, 0.4) is 0 Å². The molecule has 1 aliphatic carbocycles. The highest BCUT2D eigenvalue weighted by molar-refractivity contribution is 5.79. The van der Waals surface area contributed by atoms with Gasteiger partial charge in [-0.15, -0.1) is 10.2 Å². The average Bonchev–Trinajstić information content (AvgIpc) is 3.39. The van der Waals surface area contributed by atoms with Crippen LogP contribution in [0.25, 0.3) is 0 Å². The van der Waals surface area contributed by atoms with Crippen molar-refractivity contribution in [1.29, 1.82) is 0 Å². The molecule has 0 spiro atoms. The van der Waals surface area contributed by atoms with Gasteiger partial charge in [-0.1, -0.05) is 44.2 Å². The number of alkyl halides is 2. The van der Waals surface area contributed by atoms with E-state index in [4.69, 9.17) is 6.85 Å². The standard InChI is InChI=1S/C29H41F2N5O/c1-19(2)27-34-33-20(3)36(27)25-17-23-9-10-24(18-25)35(23)16-13-26(21-7-5-4-6-8-21)32-28(37)22-11-14-29(30,31)15-12-22/h4-8,19,22-26H,9-18H2,1-3H3,(H,32,37)/i11D2,12D2,16D2,19D. The Morgan fingerprint density at radius 1 is 1.16 bits per heavy atom. The Bertz CT molecular complexity index is 1330. The summed E-state index contributed by atoms with van der Waals surface area (Å²) in [4.78, 5) is 15.4. The fourth-order valence-electron chi connectivity index (χ4n) is 5.98. The lowest BCUT2D eigenvalue weighted by Gasteiger charge is -2.40. The van der Waals surface area contributed by atoms with Crippen LogP contribution < -0.4 is 5.32 Å². The van der Waals surface area contributed by atoms with E-state index in [1.54, 1.807) is 44.2 Å². The van der Waals surface area contributed by atoms with E-state index in [0.29, 0.717) is 30.1 Å². The van der Waals surface area contributed by atoms with Crippen LogP contribution in [-0.4, -0.2) is 50.1 Å². The van der Waals surface area contributed by atoms with E-state index in [0.717, 1.165) is 12.8 Å². The monoisotopic (exact) mass is 520 g/mol. The molecule has 1 amide bonds. The highest BCUT2D eigenvalue weighted by Gasteiger charge is 2.42. The summed E-state index contributed by atoms with van der Waals surface area (Å²) in [7, 11) is 0. The van der Waals surface area contributed by atoms with Gasteiger partial charge in [-0.25, -0.2) is 8.78 Å². The molecule has 1 N–H and O–H groups in total. The highest BCUT2D eigenvalue weighted by Crippen LogP contribution is 2.42. The number of fused-ring (bicyclic) bond motifs is 2. The maximum atomic E-state index is 14.2. The summed E-state index contributed by atoms with van der Waals surface area (Å²) in [5, 5.41) is 11.2. The van der Waals surface area contributed by atoms with Crippen LogP contribution in [0.15, 0.2) is 30.3 Å². The molecule has 2 aromatic rings. The molecule has 3 atom stereocenters. The molecule has 3 aliphatic rings. The van der Waals surface area contributed by atoms with Crippen molar-refractivity contribution in [1.82, 2.24) is 25.0 Å². The largest absolute Gasteiger partial charge is 0.349 e. The van der Waals surface area contributed by atoms with Gasteiger partial charge in [-0.05, 0) is 57.3 Å². The maximum Gasteiger partial charge on any atom is 0.248 e. The number of piperidine rings is 1. The number of carbonyl (C=O) groups is 1. The summed E-state index contributed by atoms with van der Waals surface area (Å²) < 4.78 is 90.3. The number of amides is 1. The van der Waals surface area contributed by atoms with Crippen molar-refractivity contribution in [3.63, 3.8) is 0 Å². The fourth-order valence-corrected chi connectivity index (χ4v) is 5.98. The molecule has 1 aromatic carbocycles. The Morgan fingerprint density at radius 3 is 2.43 bits per heavy atom. The molecule has 2 bridgehead atoms. The van der Waals surface area contributed by atoms with Gasteiger partial charge in [0.25, 0.3) is 0 Å². The van der Waals surface area contributed by atoms with Crippen molar-refractivity contribution >= 4 is 5.91 Å². The number of aromatic nitrogens is 3. The Morgan fingerprint density at radius 2 is 1.81 bits per heavy atom. The number of nitrogens with zero attached hydrogens (tertiary/aromatic N) is 4. The second kappa shape index (κ2) is 10.8. The summed E-state index contributed by atoms with van der Waals surface area (Å²) in [6, 6.07) is 7.45. The van der Waals surface area contributed by atoms with Crippen LogP contribution >= 0.6 is 0 Å². The van der Waals surface area contributed by atoms with E-state index in [1.165, 1.54) is 0 Å². The van der Waals surface area contributed by atoms with Crippen LogP contribution in [0.1, 0.15) is 116 Å². The third-order valence-electron chi connectivity index (χ3n) is 7.78. The Labute approximate surface area is 229 Å². The molecule has 2 aliphatic heterocycles. The van der Waals surface area contributed by atoms with Gasteiger partial charge in [-0.2, -0.15) is 0 Å². The van der Waals surface area contributed by atoms with E-state index in [-0.39, 0.29) is 24.5 Å². The van der Waals surface area contributed by atoms with E-state index in [2.05, 4.69) is 15.5 Å². The smallest absolute Gasteiger partial charge is 0.248 e. The predicted octanol–water partition coefficient (Wildman–Crippen LogP) is 5.95. The molecule has 6 nitrogen and oxygen atoms in total. The summed E-state index contributed by atoms with van der Waals surface area (Å²) in [6.45, 7) is 3.48. The molecule has 2 saturated heterocycles. The van der Waals surface area contributed by atoms with Gasteiger partial charge in [0.15, 0.2) is 0 Å². The van der Waals surface area contributed by atoms with Crippen LogP contribution in [0.4, 0.5) is 8.78 Å². The number of hydrogen-bond acceptors (Lipinski definition) is 4. The molecule has 1 aromatic heterocycles. The first-order valence-corrected chi connectivity index (χ1v) is 13.2. The minimum absolute atomic E-state index is 0.00712. The molecule has 37 heavy (non-hydrogen) atoms. The van der Waals surface area contributed by atoms with Crippen molar-refractivity contribution in [2.45, 2.75) is 114 Å². The number of halogens is 2. The van der Waals surface area contributed by atoms with Gasteiger partial charge in [-0.3, -0.25) is 9.69 Å². The van der Waals surface area contributed by atoms with Crippen LogP contribution in [-0.2, 0) is 4.79 Å². The van der Waals surface area contributed by atoms with Crippen LogP contribution in [0.5, 0.6) is 0 Å². The molecule has 1 saturated carbocycles. The molecule has 3 fully saturated rings. The van der Waals surface area contributed by atoms with Crippen molar-refractivity contribution < 1.29 is 23.2 Å². The van der Waals surface area contributed by atoms with Gasteiger partial charge < -0.3 is 9.88 Å². The molecule has 5 rings (SSSR count). The van der Waals surface area contributed by atoms with Crippen molar-refractivity contribution in [2.75, 3.05) is 6.50 Å². The zero-order chi connectivity index (χ0) is 32.5. The number of nitrogens with one attached hydrogen (secondary N) is 1. The van der Waals surface area contributed by atoms with E-state index in [9.17, 15) is 16.3 Å². The zero-order valence-corrected chi connectivity index (χ0v) is 21.7. The normalized spacial score (nSPS) is 33.1. The molecular formula is C29H41F2N5O. The summed E-state index contributed by atoms with van der Waals surface area (Å²) >= 11 is 0. The number of hydrogen-bond donors (Lipinski definition) is 1. The van der Waals surface area contributed by atoms with Crippen LogP contribution in [0, 0.1) is 12.8 Å². The lowest BCUT2D eigenvalue weighted by Crippen LogP contribution is -2.45. The fraction of sp³-hybridized carbons (Fsp3) is 0.690. The molecule has 3 unspecified atom stereocenters. The first-order valence-electron chi connectivity index (χ1n) is 16.7. The van der Waals surface area contributed by atoms with E-state index < -0.39 is 61.8 Å². The highest BCUT2D eigenvalue weighted by atomic mass is 19.3. The average molecular weight is 521 g/mol. The first-order chi connectivity index (χ1) is 20.2. The van der Waals surface area contributed by atoms with E-state index in [1.807, 2.05) is 16.4 Å².